The molecule has 0 saturated heterocycles. The van der Waals surface area contributed by atoms with Crippen LogP contribution in [0.2, 0.25) is 0 Å². The van der Waals surface area contributed by atoms with E-state index in [0.29, 0.717) is 6.04 Å². The molecule has 0 aliphatic heterocycles. The Morgan fingerprint density at radius 2 is 2.25 bits per heavy atom. The van der Waals surface area contributed by atoms with E-state index < -0.39 is 0 Å². The summed E-state index contributed by atoms with van der Waals surface area (Å²) in [5.41, 5.74) is 2.02. The molecule has 0 spiro atoms. The summed E-state index contributed by atoms with van der Waals surface area (Å²) < 4.78 is 4.80. The molecular formula is C12H16BrN5OS. The minimum atomic E-state index is -0.103. The Morgan fingerprint density at radius 1 is 1.50 bits per heavy atom. The lowest BCUT2D eigenvalue weighted by molar-refractivity contribution is 0.628. The molecule has 1 aliphatic carbocycles. The van der Waals surface area contributed by atoms with Gasteiger partial charge < -0.3 is 0 Å². The number of nitrogens with one attached hydrogen (secondary N) is 1. The van der Waals surface area contributed by atoms with Crippen LogP contribution in [0.5, 0.6) is 0 Å². The van der Waals surface area contributed by atoms with Gasteiger partial charge in [0.2, 0.25) is 0 Å². The van der Waals surface area contributed by atoms with Crippen molar-refractivity contribution in [2.75, 3.05) is 0 Å². The standard InChI is InChI=1S/C12H16BrN5OS/c1-3-17-9(10(13)7(2)16-17)6-20-12-15-14-11(19)18(12)8-4-5-8/h8H,3-6H2,1-2H3,(H,14,19). The molecule has 0 radical (unpaired) electrons. The van der Waals surface area contributed by atoms with Gasteiger partial charge in [-0.3, -0.25) is 9.25 Å². The van der Waals surface area contributed by atoms with Crippen molar-refractivity contribution in [2.24, 2.45) is 0 Å². The van der Waals surface area contributed by atoms with Gasteiger partial charge in [-0.1, -0.05) is 11.8 Å². The number of halogens is 1. The third-order valence-corrected chi connectivity index (χ3v) is 5.37. The molecular weight excluding hydrogens is 342 g/mol. The molecule has 20 heavy (non-hydrogen) atoms. The van der Waals surface area contributed by atoms with E-state index in [0.717, 1.165) is 46.2 Å². The maximum Gasteiger partial charge on any atom is 0.344 e. The minimum absolute atomic E-state index is 0.103. The molecule has 6 nitrogen and oxygen atoms in total. The van der Waals surface area contributed by atoms with Crippen LogP contribution >= 0.6 is 27.7 Å². The van der Waals surface area contributed by atoms with Crippen LogP contribution in [0.25, 0.3) is 0 Å². The smallest absolute Gasteiger partial charge is 0.268 e. The minimum Gasteiger partial charge on any atom is -0.268 e. The van der Waals surface area contributed by atoms with Crippen molar-refractivity contribution in [2.45, 2.75) is 50.2 Å². The first-order valence-electron chi connectivity index (χ1n) is 6.63. The zero-order chi connectivity index (χ0) is 14.3. The molecule has 2 aromatic heterocycles. The summed E-state index contributed by atoms with van der Waals surface area (Å²) in [4.78, 5) is 11.7. The highest BCUT2D eigenvalue weighted by atomic mass is 79.9. The van der Waals surface area contributed by atoms with Gasteiger partial charge in [-0.05, 0) is 42.6 Å². The normalized spacial score (nSPS) is 14.9. The van der Waals surface area contributed by atoms with Crippen LogP contribution in [0.1, 0.15) is 37.2 Å². The van der Waals surface area contributed by atoms with Crippen LogP contribution < -0.4 is 5.69 Å². The van der Waals surface area contributed by atoms with Crippen LogP contribution in [0.15, 0.2) is 14.4 Å². The van der Waals surface area contributed by atoms with Gasteiger partial charge in [-0.25, -0.2) is 9.89 Å². The molecule has 0 unspecified atom stereocenters. The number of H-pyrrole nitrogens is 1. The van der Waals surface area contributed by atoms with Gasteiger partial charge >= 0.3 is 5.69 Å². The maximum atomic E-state index is 11.7. The zero-order valence-corrected chi connectivity index (χ0v) is 13.8. The van der Waals surface area contributed by atoms with Gasteiger partial charge in [0.05, 0.1) is 15.9 Å². The van der Waals surface area contributed by atoms with Crippen LogP contribution in [0, 0.1) is 6.92 Å². The van der Waals surface area contributed by atoms with Gasteiger partial charge in [-0.15, -0.1) is 5.10 Å². The lowest BCUT2D eigenvalue weighted by Gasteiger charge is -2.06. The lowest BCUT2D eigenvalue weighted by atomic mass is 10.4. The number of hydrogen-bond donors (Lipinski definition) is 1. The SMILES string of the molecule is CCn1nc(C)c(Br)c1CSc1n[nH]c(=O)n1C1CC1. The summed E-state index contributed by atoms with van der Waals surface area (Å²) in [7, 11) is 0. The predicted octanol–water partition coefficient (Wildman–Crippen LogP) is 2.49. The van der Waals surface area contributed by atoms with Crippen LogP contribution in [-0.2, 0) is 12.3 Å². The molecule has 1 fully saturated rings. The van der Waals surface area contributed by atoms with E-state index >= 15 is 0 Å². The monoisotopic (exact) mass is 357 g/mol. The Balaban J connectivity index is 1.82. The van der Waals surface area contributed by atoms with Crippen molar-refractivity contribution in [3.8, 4) is 0 Å². The van der Waals surface area contributed by atoms with Crippen molar-refractivity contribution in [1.82, 2.24) is 24.5 Å². The fourth-order valence-electron chi connectivity index (χ4n) is 2.19. The van der Waals surface area contributed by atoms with Gasteiger partial charge in [0.25, 0.3) is 0 Å². The first-order chi connectivity index (χ1) is 9.61. The Labute approximate surface area is 129 Å². The highest BCUT2D eigenvalue weighted by Gasteiger charge is 2.28. The molecule has 0 bridgehead atoms. The largest absolute Gasteiger partial charge is 0.344 e. The molecule has 1 saturated carbocycles. The fraction of sp³-hybridized carbons (Fsp3) is 0.583. The number of nitrogens with zero attached hydrogens (tertiary/aromatic N) is 4. The van der Waals surface area contributed by atoms with Crippen molar-refractivity contribution in [1.29, 1.82) is 0 Å². The molecule has 1 N–H and O–H groups in total. The van der Waals surface area contributed by atoms with Crippen molar-refractivity contribution in [3.05, 3.63) is 26.3 Å². The molecule has 2 heterocycles. The quantitative estimate of drug-likeness (QED) is 0.834. The second-order valence-electron chi connectivity index (χ2n) is 4.86. The van der Waals surface area contributed by atoms with Gasteiger partial charge in [0.15, 0.2) is 5.16 Å². The molecule has 108 valence electrons. The Kier molecular flexibility index (Phi) is 3.76. The summed E-state index contributed by atoms with van der Waals surface area (Å²) in [6.07, 6.45) is 2.14. The van der Waals surface area contributed by atoms with Crippen LogP contribution in [-0.4, -0.2) is 24.5 Å². The van der Waals surface area contributed by atoms with E-state index in [1.165, 1.54) is 0 Å². The molecule has 2 aromatic rings. The number of aromatic nitrogens is 5. The Bertz CT molecular complexity index is 685. The van der Waals surface area contributed by atoms with Gasteiger partial charge in [0.1, 0.15) is 0 Å². The lowest BCUT2D eigenvalue weighted by Crippen LogP contribution is -2.16. The molecule has 0 aromatic carbocycles. The molecule has 1 aliphatic rings. The predicted molar refractivity (Wildman–Crippen MR) is 81.0 cm³/mol. The van der Waals surface area contributed by atoms with Crippen LogP contribution in [0.4, 0.5) is 0 Å². The highest BCUT2D eigenvalue weighted by Crippen LogP contribution is 2.37. The van der Waals surface area contributed by atoms with E-state index in [1.807, 2.05) is 11.6 Å². The average molecular weight is 358 g/mol. The van der Waals surface area contributed by atoms with Crippen molar-refractivity contribution < 1.29 is 0 Å². The van der Waals surface area contributed by atoms with Gasteiger partial charge in [0, 0.05) is 18.3 Å². The topological polar surface area (TPSA) is 68.5 Å². The zero-order valence-electron chi connectivity index (χ0n) is 11.4. The van der Waals surface area contributed by atoms with Crippen molar-refractivity contribution >= 4 is 27.7 Å². The number of thioether (sulfide) groups is 1. The van der Waals surface area contributed by atoms with Crippen LogP contribution in [0.3, 0.4) is 0 Å². The van der Waals surface area contributed by atoms with E-state index in [2.05, 4.69) is 38.1 Å². The number of aryl methyl sites for hydroxylation is 2. The molecule has 8 heteroatoms. The highest BCUT2D eigenvalue weighted by molar-refractivity contribution is 9.10. The number of hydrogen-bond acceptors (Lipinski definition) is 4. The third-order valence-electron chi connectivity index (χ3n) is 3.37. The van der Waals surface area contributed by atoms with Crippen molar-refractivity contribution in [3.63, 3.8) is 0 Å². The first-order valence-corrected chi connectivity index (χ1v) is 8.41. The summed E-state index contributed by atoms with van der Waals surface area (Å²) in [6.45, 7) is 4.89. The molecule has 0 atom stereocenters. The summed E-state index contributed by atoms with van der Waals surface area (Å²) in [6, 6.07) is 0.338. The summed E-state index contributed by atoms with van der Waals surface area (Å²) in [5, 5.41) is 11.9. The second-order valence-corrected chi connectivity index (χ2v) is 6.60. The van der Waals surface area contributed by atoms with E-state index in [1.54, 1.807) is 16.3 Å². The average Bonchev–Trinajstić information content (AvgIpc) is 3.15. The fourth-order valence-corrected chi connectivity index (χ4v) is 3.84. The third kappa shape index (κ3) is 2.46. The molecule has 0 amide bonds. The number of rotatable bonds is 5. The van der Waals surface area contributed by atoms with E-state index in [4.69, 9.17) is 0 Å². The Morgan fingerprint density at radius 3 is 2.90 bits per heavy atom. The molecule has 3 rings (SSSR count). The Hall–Kier alpha value is -1.02. The number of aromatic amines is 1. The maximum absolute atomic E-state index is 11.7. The second kappa shape index (κ2) is 5.40. The van der Waals surface area contributed by atoms with E-state index in [-0.39, 0.29) is 5.69 Å². The summed E-state index contributed by atoms with van der Waals surface area (Å²) >= 11 is 5.16. The summed E-state index contributed by atoms with van der Waals surface area (Å²) in [5.74, 6) is 0.742. The van der Waals surface area contributed by atoms with Gasteiger partial charge in [-0.2, -0.15) is 5.10 Å². The first kappa shape index (κ1) is 13.9. The van der Waals surface area contributed by atoms with E-state index in [9.17, 15) is 4.79 Å².